The Kier molecular flexibility index (Phi) is 20.5. The van der Waals surface area contributed by atoms with Gasteiger partial charge >= 0.3 is 0 Å². The van der Waals surface area contributed by atoms with Crippen LogP contribution in [-0.4, -0.2) is 136 Å². The van der Waals surface area contributed by atoms with E-state index >= 15 is 0 Å². The third kappa shape index (κ3) is 15.7. The number of rotatable bonds is 14. The molecule has 0 saturated carbocycles. The lowest BCUT2D eigenvalue weighted by Crippen LogP contribution is -2.61. The number of amides is 8. The number of hydrogen-bond acceptors (Lipinski definition) is 11. The minimum absolute atomic E-state index is 0.0154. The Labute approximate surface area is 406 Å². The Morgan fingerprint density at radius 2 is 1.49 bits per heavy atom. The van der Waals surface area contributed by atoms with Crippen LogP contribution < -0.4 is 54.8 Å². The highest BCUT2D eigenvalue weighted by Crippen LogP contribution is 2.23. The van der Waals surface area contributed by atoms with Crippen molar-refractivity contribution in [3.63, 3.8) is 0 Å². The summed E-state index contributed by atoms with van der Waals surface area (Å²) in [6.45, 7) is 2.08. The molecule has 22 nitrogen and oxygen atoms in total. The topological polar surface area (TPSA) is 364 Å². The lowest BCUT2D eigenvalue weighted by molar-refractivity contribution is -0.144. The van der Waals surface area contributed by atoms with Crippen LogP contribution in [0.25, 0.3) is 10.9 Å². The standard InChI is InChI=1S/C48H69N13O9/c1-2-3-15-31(49)42(65)58-35-19-20-39(63)53-22-10-9-17-33(41(50)64)56-45(68)37(26-29-27-55-32-16-8-7-14-30(29)32)59-43(66)34(18-11-23-54-48(51)52)57-44(67)36(25-28-12-5-4-6-13-28)60-46(69)40-38(62)21-24-61(40)47(35)70/h4-8,12-14,16,27,31,33-38,40,55,62H,2-3,9-11,15,17-26,49H2,1H3,(H2,50,64)(H,53,63)(H,56,68)(H,57,67)(H,58,65)(H,59,66)(H,60,69)(H4,51,52,54)/t31-,33-,34-,35-,36+,37-,38-,40-/m0/s1. The van der Waals surface area contributed by atoms with E-state index in [1.165, 1.54) is 0 Å². The van der Waals surface area contributed by atoms with E-state index < -0.39 is 95.7 Å². The van der Waals surface area contributed by atoms with E-state index in [0.717, 1.165) is 22.2 Å². The molecule has 16 N–H and O–H groups in total. The number of nitrogens with one attached hydrogen (secondary N) is 7. The molecule has 2 fully saturated rings. The largest absolute Gasteiger partial charge is 0.390 e. The van der Waals surface area contributed by atoms with Gasteiger partial charge in [-0.2, -0.15) is 0 Å². The van der Waals surface area contributed by atoms with Crippen molar-refractivity contribution >= 4 is 64.1 Å². The van der Waals surface area contributed by atoms with Gasteiger partial charge in [-0.1, -0.05) is 68.3 Å². The van der Waals surface area contributed by atoms with E-state index in [1.54, 1.807) is 36.5 Å². The fourth-order valence-electron chi connectivity index (χ4n) is 8.62. The number of aliphatic hydroxyl groups is 1. The average Bonchev–Trinajstić information content (AvgIpc) is 3.94. The zero-order valence-electron chi connectivity index (χ0n) is 39.6. The molecule has 3 aromatic rings. The molecule has 8 amide bonds. The molecule has 380 valence electrons. The summed E-state index contributed by atoms with van der Waals surface area (Å²) in [5.41, 5.74) is 25.1. The summed E-state index contributed by atoms with van der Waals surface area (Å²) >= 11 is 0. The van der Waals surface area contributed by atoms with E-state index in [4.69, 9.17) is 22.9 Å². The van der Waals surface area contributed by atoms with Crippen molar-refractivity contribution in [3.05, 3.63) is 71.9 Å². The number of nitrogens with zero attached hydrogens (tertiary/aromatic N) is 2. The molecule has 70 heavy (non-hydrogen) atoms. The van der Waals surface area contributed by atoms with Gasteiger partial charge in [-0.25, -0.2) is 0 Å². The third-order valence-corrected chi connectivity index (χ3v) is 12.5. The number of hydrogen-bond donors (Lipinski definition) is 12. The van der Waals surface area contributed by atoms with Crippen LogP contribution in [0.4, 0.5) is 0 Å². The number of carbonyl (C=O) groups excluding carboxylic acids is 8. The molecule has 22 heteroatoms. The molecule has 2 saturated heterocycles. The third-order valence-electron chi connectivity index (χ3n) is 12.5. The second-order valence-corrected chi connectivity index (χ2v) is 17.9. The number of aliphatic hydroxyl groups excluding tert-OH is 1. The molecule has 8 atom stereocenters. The maximum Gasteiger partial charge on any atom is 0.246 e. The zero-order chi connectivity index (χ0) is 50.7. The van der Waals surface area contributed by atoms with Crippen LogP contribution in [-0.2, 0) is 51.2 Å². The van der Waals surface area contributed by atoms with Crippen LogP contribution in [0.1, 0.15) is 88.7 Å². The number of H-pyrrole nitrogens is 1. The Hall–Kier alpha value is -7.07. The lowest BCUT2D eigenvalue weighted by Gasteiger charge is -2.31. The molecular weight excluding hydrogens is 903 g/mol. The molecule has 2 aliphatic rings. The summed E-state index contributed by atoms with van der Waals surface area (Å²) in [5.74, 6) is -6.05. The van der Waals surface area contributed by atoms with Gasteiger partial charge in [0.15, 0.2) is 5.96 Å². The summed E-state index contributed by atoms with van der Waals surface area (Å²) in [6, 6.07) is 7.06. The average molecular weight is 972 g/mol. The summed E-state index contributed by atoms with van der Waals surface area (Å²) in [6.07, 6.45) is 2.45. The van der Waals surface area contributed by atoms with Gasteiger partial charge in [0.05, 0.1) is 12.1 Å². The number of guanidine groups is 1. The number of aromatic amines is 1. The minimum Gasteiger partial charge on any atom is -0.390 e. The number of para-hydroxylation sites is 1. The molecule has 2 aliphatic heterocycles. The van der Waals surface area contributed by atoms with E-state index in [2.05, 4.69) is 41.9 Å². The molecule has 0 unspecified atom stereocenters. The number of unbranched alkanes of at least 4 members (excludes halogenated alkanes) is 1. The first kappa shape index (κ1) is 53.9. The Bertz CT molecular complexity index is 2320. The van der Waals surface area contributed by atoms with E-state index in [9.17, 15) is 43.5 Å². The van der Waals surface area contributed by atoms with Crippen molar-refractivity contribution in [1.82, 2.24) is 41.8 Å². The number of fused-ring (bicyclic) bond motifs is 2. The van der Waals surface area contributed by atoms with Crippen molar-refractivity contribution < 1.29 is 43.5 Å². The molecule has 0 bridgehead atoms. The summed E-state index contributed by atoms with van der Waals surface area (Å²) < 4.78 is 0. The van der Waals surface area contributed by atoms with Gasteiger partial charge in [0.1, 0.15) is 36.3 Å². The fourth-order valence-corrected chi connectivity index (χ4v) is 8.62. The molecule has 2 aromatic carbocycles. The normalized spacial score (nSPS) is 24.2. The van der Waals surface area contributed by atoms with Crippen LogP contribution in [0.15, 0.2) is 65.8 Å². The molecule has 1 aromatic heterocycles. The molecule has 3 heterocycles. The van der Waals surface area contributed by atoms with Crippen molar-refractivity contribution in [2.75, 3.05) is 19.6 Å². The van der Waals surface area contributed by atoms with E-state index in [1.807, 2.05) is 31.2 Å². The minimum atomic E-state index is -1.52. The van der Waals surface area contributed by atoms with Crippen LogP contribution in [0.3, 0.4) is 0 Å². The molecule has 0 radical (unpaired) electrons. The van der Waals surface area contributed by atoms with Crippen LogP contribution in [0, 0.1) is 0 Å². The second-order valence-electron chi connectivity index (χ2n) is 17.9. The monoisotopic (exact) mass is 972 g/mol. The highest BCUT2D eigenvalue weighted by atomic mass is 16.3. The van der Waals surface area contributed by atoms with Gasteiger partial charge in [-0.3, -0.25) is 43.3 Å². The number of primary amides is 1. The van der Waals surface area contributed by atoms with Crippen LogP contribution >= 0.6 is 0 Å². The maximum atomic E-state index is 14.6. The number of nitrogens with two attached hydrogens (primary N) is 4. The first-order chi connectivity index (χ1) is 33.6. The van der Waals surface area contributed by atoms with Gasteiger partial charge in [-0.05, 0) is 68.6 Å². The highest BCUT2D eigenvalue weighted by Gasteiger charge is 2.44. The Morgan fingerprint density at radius 3 is 2.21 bits per heavy atom. The van der Waals surface area contributed by atoms with Crippen molar-refractivity contribution in [3.8, 4) is 0 Å². The first-order valence-electron chi connectivity index (χ1n) is 24.0. The second kappa shape index (κ2) is 26.6. The number of carbonyl (C=O) groups is 8. The molecule has 0 aliphatic carbocycles. The smallest absolute Gasteiger partial charge is 0.246 e. The Morgan fingerprint density at radius 1 is 0.814 bits per heavy atom. The lowest BCUT2D eigenvalue weighted by atomic mass is 10.0. The van der Waals surface area contributed by atoms with Gasteiger partial charge < -0.3 is 69.8 Å². The summed E-state index contributed by atoms with van der Waals surface area (Å²) in [4.78, 5) is 120. The Balaban J connectivity index is 1.52. The zero-order valence-corrected chi connectivity index (χ0v) is 39.6. The highest BCUT2D eigenvalue weighted by molar-refractivity contribution is 5.98. The van der Waals surface area contributed by atoms with Crippen LogP contribution in [0.5, 0.6) is 0 Å². The van der Waals surface area contributed by atoms with Gasteiger partial charge in [0, 0.05) is 56.0 Å². The quantitative estimate of drug-likeness (QED) is 0.0498. The number of aliphatic imine (C=N–C) groups is 1. The van der Waals surface area contributed by atoms with Crippen molar-refractivity contribution in [1.29, 1.82) is 0 Å². The van der Waals surface area contributed by atoms with Gasteiger partial charge in [0.2, 0.25) is 47.3 Å². The molecule has 0 spiro atoms. The first-order valence-corrected chi connectivity index (χ1v) is 24.0. The predicted octanol–water partition coefficient (Wildman–Crippen LogP) is -1.52. The fraction of sp³-hybridized carbons (Fsp3) is 0.521. The van der Waals surface area contributed by atoms with Crippen molar-refractivity contribution in [2.45, 2.75) is 139 Å². The number of aromatic nitrogens is 1. The summed E-state index contributed by atoms with van der Waals surface area (Å²) in [5, 5.41) is 28.5. The predicted molar refractivity (Wildman–Crippen MR) is 261 cm³/mol. The van der Waals surface area contributed by atoms with Gasteiger partial charge in [0.25, 0.3) is 0 Å². The van der Waals surface area contributed by atoms with E-state index in [-0.39, 0.29) is 77.0 Å². The molecule has 5 rings (SSSR count). The number of benzene rings is 2. The molecular formula is C48H69N13O9. The van der Waals surface area contributed by atoms with Gasteiger partial charge in [-0.15, -0.1) is 0 Å². The maximum absolute atomic E-state index is 14.6. The van der Waals surface area contributed by atoms with Crippen molar-refractivity contribution in [2.24, 2.45) is 27.9 Å². The van der Waals surface area contributed by atoms with E-state index in [0.29, 0.717) is 36.8 Å². The SMILES string of the molecule is CCCC[C@H](N)C(=O)N[C@H]1CCC(=O)NCCCC[C@@H](C(N)=O)NC(=O)[C@H](Cc2c[nH]c3ccccc23)NC(=O)[C@H](CCCN=C(N)N)NC(=O)[C@@H](Cc2ccccc2)NC(=O)[C@@H]2[C@@H](O)CCN2C1=O. The summed E-state index contributed by atoms with van der Waals surface area (Å²) in [7, 11) is 0. The van der Waals surface area contributed by atoms with Crippen LogP contribution in [0.2, 0.25) is 0 Å².